The lowest BCUT2D eigenvalue weighted by molar-refractivity contribution is 0.00361. The Labute approximate surface area is 217 Å². The van der Waals surface area contributed by atoms with E-state index in [1.54, 1.807) is 36.4 Å². The predicted molar refractivity (Wildman–Crippen MR) is 142 cm³/mol. The van der Waals surface area contributed by atoms with Crippen LogP contribution in [0.1, 0.15) is 41.6 Å². The van der Waals surface area contributed by atoms with Crippen molar-refractivity contribution in [3.63, 3.8) is 0 Å². The Bertz CT molecular complexity index is 1150. The molecule has 0 aliphatic carbocycles. The van der Waals surface area contributed by atoms with Crippen LogP contribution in [0.4, 0.5) is 5.69 Å². The number of hydrogen-bond acceptors (Lipinski definition) is 7. The molecule has 37 heavy (non-hydrogen) atoms. The van der Waals surface area contributed by atoms with Gasteiger partial charge in [-0.15, -0.1) is 0 Å². The van der Waals surface area contributed by atoms with Gasteiger partial charge in [0.15, 0.2) is 5.78 Å². The highest BCUT2D eigenvalue weighted by Gasteiger charge is 2.23. The lowest BCUT2D eigenvalue weighted by atomic mass is 9.86. The Morgan fingerprint density at radius 3 is 2.08 bits per heavy atom. The molecule has 0 radical (unpaired) electrons. The molecule has 9 nitrogen and oxygen atoms in total. The van der Waals surface area contributed by atoms with Crippen LogP contribution >= 0.6 is 0 Å². The molecule has 3 rings (SSSR count). The number of Topliss-reactive ketones (excluding diaryl/α,β-unsaturated/α-hetero) is 1. The van der Waals surface area contributed by atoms with Crippen LogP contribution < -0.4 is 10.1 Å². The number of rotatable bonds is 15. The van der Waals surface area contributed by atoms with Gasteiger partial charge in [-0.05, 0) is 48.5 Å². The molecule has 0 unspecified atom stereocenters. The highest BCUT2D eigenvalue weighted by atomic mass is 16.6. The zero-order valence-electron chi connectivity index (χ0n) is 21.7. The van der Waals surface area contributed by atoms with Crippen molar-refractivity contribution in [3.05, 3.63) is 59.8 Å². The molecule has 1 aromatic heterocycles. The van der Waals surface area contributed by atoms with E-state index in [0.29, 0.717) is 68.9 Å². The minimum Gasteiger partial charge on any atom is -0.491 e. The van der Waals surface area contributed by atoms with Gasteiger partial charge in [-0.1, -0.05) is 20.8 Å². The van der Waals surface area contributed by atoms with Crippen LogP contribution in [-0.4, -0.2) is 74.6 Å². The number of aliphatic hydroxyl groups is 1. The number of H-pyrrole nitrogens is 1. The van der Waals surface area contributed by atoms with Gasteiger partial charge in [0.05, 0.1) is 46.2 Å². The number of amides is 1. The van der Waals surface area contributed by atoms with E-state index < -0.39 is 5.41 Å². The largest absolute Gasteiger partial charge is 0.491 e. The average molecular weight is 513 g/mol. The standard InChI is InChI=1S/C28H36N2O7/c1-28(2,3)26(32)20-4-9-24-21(18-20)19-25(30-24)27(33)29-22-5-7-23(8-6-22)37-17-16-36-15-14-35-13-12-34-11-10-31/h4-9,18-19,30-31H,10-17H2,1-3H3,(H,29,33). The predicted octanol–water partition coefficient (Wildman–Crippen LogP) is 4.07. The van der Waals surface area contributed by atoms with E-state index >= 15 is 0 Å². The van der Waals surface area contributed by atoms with Gasteiger partial charge in [-0.3, -0.25) is 9.59 Å². The summed E-state index contributed by atoms with van der Waals surface area (Å²) in [6.07, 6.45) is 0. The summed E-state index contributed by atoms with van der Waals surface area (Å²) in [7, 11) is 0. The fraction of sp³-hybridized carbons (Fsp3) is 0.429. The summed E-state index contributed by atoms with van der Waals surface area (Å²) in [5, 5.41) is 12.3. The van der Waals surface area contributed by atoms with Crippen LogP contribution in [0.2, 0.25) is 0 Å². The molecule has 0 aliphatic heterocycles. The van der Waals surface area contributed by atoms with Gasteiger partial charge >= 0.3 is 0 Å². The Hall–Kier alpha value is -3.24. The third-order valence-electron chi connectivity index (χ3n) is 5.40. The number of benzene rings is 2. The summed E-state index contributed by atoms with van der Waals surface area (Å²) in [4.78, 5) is 28.4. The second kappa shape index (κ2) is 13.9. The van der Waals surface area contributed by atoms with Crippen LogP contribution in [0.25, 0.3) is 10.9 Å². The van der Waals surface area contributed by atoms with Crippen LogP contribution in [-0.2, 0) is 14.2 Å². The maximum absolute atomic E-state index is 12.7. The van der Waals surface area contributed by atoms with Crippen molar-refractivity contribution in [2.24, 2.45) is 5.41 Å². The third-order valence-corrected chi connectivity index (χ3v) is 5.40. The minimum absolute atomic E-state index is 0.00905. The third kappa shape index (κ3) is 8.98. The molecule has 0 spiro atoms. The number of anilines is 1. The minimum atomic E-state index is -0.473. The zero-order valence-corrected chi connectivity index (χ0v) is 21.7. The second-order valence-electron chi connectivity index (χ2n) is 9.45. The lowest BCUT2D eigenvalue weighted by Crippen LogP contribution is -2.19. The smallest absolute Gasteiger partial charge is 0.272 e. The zero-order chi connectivity index (χ0) is 26.7. The van der Waals surface area contributed by atoms with Gasteiger partial charge in [-0.2, -0.15) is 0 Å². The number of aliphatic hydroxyl groups excluding tert-OH is 1. The Balaban J connectivity index is 1.40. The number of carbonyl (C=O) groups excluding carboxylic acids is 2. The molecule has 0 atom stereocenters. The van der Waals surface area contributed by atoms with E-state index in [1.807, 2.05) is 32.9 Å². The van der Waals surface area contributed by atoms with Crippen molar-refractivity contribution in [2.45, 2.75) is 20.8 Å². The molecule has 3 aromatic rings. The fourth-order valence-corrected chi connectivity index (χ4v) is 3.49. The van der Waals surface area contributed by atoms with Crippen molar-refractivity contribution in [1.82, 2.24) is 4.98 Å². The topological polar surface area (TPSA) is 119 Å². The van der Waals surface area contributed by atoms with E-state index in [-0.39, 0.29) is 18.3 Å². The number of hydrogen-bond donors (Lipinski definition) is 3. The monoisotopic (exact) mass is 512 g/mol. The molecular formula is C28H36N2O7. The van der Waals surface area contributed by atoms with Crippen molar-refractivity contribution in [2.75, 3.05) is 58.2 Å². The molecule has 0 saturated heterocycles. The Morgan fingerprint density at radius 1 is 0.838 bits per heavy atom. The Morgan fingerprint density at radius 2 is 1.46 bits per heavy atom. The molecule has 2 aromatic carbocycles. The summed E-state index contributed by atoms with van der Waals surface area (Å²) in [6, 6.07) is 14.3. The molecule has 3 N–H and O–H groups in total. The van der Waals surface area contributed by atoms with Crippen LogP contribution in [0.3, 0.4) is 0 Å². The van der Waals surface area contributed by atoms with Gasteiger partial charge in [-0.25, -0.2) is 0 Å². The summed E-state index contributed by atoms with van der Waals surface area (Å²) >= 11 is 0. The van der Waals surface area contributed by atoms with Gasteiger partial charge in [0.2, 0.25) is 0 Å². The first-order valence-electron chi connectivity index (χ1n) is 12.3. The van der Waals surface area contributed by atoms with Crippen LogP contribution in [0.5, 0.6) is 5.75 Å². The van der Waals surface area contributed by atoms with Crippen molar-refractivity contribution in [1.29, 1.82) is 0 Å². The molecule has 1 heterocycles. The number of aromatic nitrogens is 1. The fourth-order valence-electron chi connectivity index (χ4n) is 3.49. The SMILES string of the molecule is CC(C)(C)C(=O)c1ccc2[nH]c(C(=O)Nc3ccc(OCCOCCOCCOCCO)cc3)cc2c1. The molecular weight excluding hydrogens is 476 g/mol. The normalized spacial score (nSPS) is 11.6. The van der Waals surface area contributed by atoms with E-state index in [0.717, 1.165) is 10.9 Å². The number of ether oxygens (including phenoxy) is 4. The highest BCUT2D eigenvalue weighted by Crippen LogP contribution is 2.25. The average Bonchev–Trinajstić information content (AvgIpc) is 3.31. The first-order valence-corrected chi connectivity index (χ1v) is 12.3. The van der Waals surface area contributed by atoms with Gasteiger partial charge in [0, 0.05) is 27.6 Å². The molecule has 0 bridgehead atoms. The molecule has 0 saturated carbocycles. The first kappa shape index (κ1) is 28.3. The van der Waals surface area contributed by atoms with Crippen molar-refractivity contribution >= 4 is 28.3 Å². The van der Waals surface area contributed by atoms with Crippen LogP contribution in [0, 0.1) is 5.41 Å². The molecule has 0 aliphatic rings. The van der Waals surface area contributed by atoms with E-state index in [4.69, 9.17) is 24.1 Å². The highest BCUT2D eigenvalue weighted by molar-refractivity contribution is 6.07. The van der Waals surface area contributed by atoms with Gasteiger partial charge < -0.3 is 34.4 Å². The van der Waals surface area contributed by atoms with Crippen molar-refractivity contribution < 1.29 is 33.6 Å². The van der Waals surface area contributed by atoms with Crippen molar-refractivity contribution in [3.8, 4) is 5.75 Å². The summed E-state index contributed by atoms with van der Waals surface area (Å²) in [5.41, 5.74) is 1.99. The second-order valence-corrected chi connectivity index (χ2v) is 9.45. The summed E-state index contributed by atoms with van der Waals surface area (Å²) in [6.45, 7) is 8.62. The van der Waals surface area contributed by atoms with Gasteiger partial charge in [0.25, 0.3) is 5.91 Å². The van der Waals surface area contributed by atoms with E-state index in [1.165, 1.54) is 0 Å². The lowest BCUT2D eigenvalue weighted by Gasteiger charge is -2.16. The quantitative estimate of drug-likeness (QED) is 0.207. The molecule has 1 amide bonds. The summed E-state index contributed by atoms with van der Waals surface area (Å²) < 4.78 is 21.6. The number of fused-ring (bicyclic) bond motifs is 1. The maximum atomic E-state index is 12.7. The number of carbonyl (C=O) groups is 2. The molecule has 9 heteroatoms. The molecule has 0 fully saturated rings. The van der Waals surface area contributed by atoms with Crippen LogP contribution in [0.15, 0.2) is 48.5 Å². The summed E-state index contributed by atoms with van der Waals surface area (Å²) in [5.74, 6) is 0.450. The first-order chi connectivity index (χ1) is 17.8. The number of ketones is 1. The Kier molecular flexibility index (Phi) is 10.6. The number of aromatic amines is 1. The van der Waals surface area contributed by atoms with E-state index in [2.05, 4.69) is 10.3 Å². The maximum Gasteiger partial charge on any atom is 0.272 e. The number of nitrogens with one attached hydrogen (secondary N) is 2. The van der Waals surface area contributed by atoms with Gasteiger partial charge in [0.1, 0.15) is 18.1 Å². The van der Waals surface area contributed by atoms with E-state index in [9.17, 15) is 9.59 Å². The molecule has 200 valence electrons.